The summed E-state index contributed by atoms with van der Waals surface area (Å²) >= 11 is 1.55. The highest BCUT2D eigenvalue weighted by Gasteiger charge is 2.06. The van der Waals surface area contributed by atoms with Crippen LogP contribution in [-0.2, 0) is 12.4 Å². The van der Waals surface area contributed by atoms with Crippen molar-refractivity contribution in [2.75, 3.05) is 0 Å². The monoisotopic (exact) mass is 468 g/mol. The van der Waals surface area contributed by atoms with Crippen molar-refractivity contribution in [1.29, 1.82) is 0 Å². The molecule has 1 heterocycles. The van der Waals surface area contributed by atoms with Crippen LogP contribution in [-0.4, -0.2) is 21.6 Å². The lowest BCUT2D eigenvalue weighted by molar-refractivity contribution is 0.0955. The molecule has 0 fully saturated rings. The Balaban J connectivity index is 1.28. The Bertz CT molecular complexity index is 1230. The molecule has 0 atom stereocenters. The summed E-state index contributed by atoms with van der Waals surface area (Å²) in [7, 11) is 0. The summed E-state index contributed by atoms with van der Waals surface area (Å²) in [4.78, 5) is 20.9. The van der Waals surface area contributed by atoms with Crippen molar-refractivity contribution in [3.05, 3.63) is 120 Å². The van der Waals surface area contributed by atoms with Crippen LogP contribution in [0.25, 0.3) is 0 Å². The first kappa shape index (κ1) is 23.2. The number of ether oxygens (including phenoxy) is 1. The van der Waals surface area contributed by atoms with Crippen LogP contribution in [0.15, 0.2) is 108 Å². The van der Waals surface area contributed by atoms with Crippen LogP contribution in [0.4, 0.5) is 0 Å². The van der Waals surface area contributed by atoms with Crippen molar-refractivity contribution in [1.82, 2.24) is 15.4 Å². The highest BCUT2D eigenvalue weighted by molar-refractivity contribution is 7.98. The third kappa shape index (κ3) is 6.76. The standard InChI is InChI=1S/C27H24N4O2S/c1-20(23-12-14-25(15-13-23)33-18-21-6-3-2-4-7-21)30-31-26(32)24-10-8-22(9-11-24)19-34-27-28-16-5-17-29-27/h2-17H,18-19H2,1H3,(H,31,32). The van der Waals surface area contributed by atoms with E-state index in [1.54, 1.807) is 42.4 Å². The minimum atomic E-state index is -0.257. The number of hydrazone groups is 1. The van der Waals surface area contributed by atoms with Crippen LogP contribution >= 0.6 is 11.8 Å². The fraction of sp³-hybridized carbons (Fsp3) is 0.111. The van der Waals surface area contributed by atoms with Gasteiger partial charge in [-0.3, -0.25) is 4.79 Å². The molecule has 0 radical (unpaired) electrons. The molecule has 0 saturated heterocycles. The fourth-order valence-electron chi connectivity index (χ4n) is 3.06. The lowest BCUT2D eigenvalue weighted by atomic mass is 10.1. The van der Waals surface area contributed by atoms with Crippen molar-refractivity contribution < 1.29 is 9.53 Å². The molecule has 34 heavy (non-hydrogen) atoms. The molecule has 1 N–H and O–H groups in total. The molecule has 4 rings (SSSR count). The van der Waals surface area contributed by atoms with Crippen LogP contribution in [0.2, 0.25) is 0 Å². The van der Waals surface area contributed by atoms with E-state index in [-0.39, 0.29) is 5.91 Å². The molecule has 6 nitrogen and oxygen atoms in total. The molecular formula is C27H24N4O2S. The van der Waals surface area contributed by atoms with E-state index in [0.717, 1.165) is 33.3 Å². The average Bonchev–Trinajstić information content (AvgIpc) is 2.91. The van der Waals surface area contributed by atoms with E-state index in [2.05, 4.69) is 20.5 Å². The molecule has 0 saturated carbocycles. The quantitative estimate of drug-likeness (QED) is 0.152. The van der Waals surface area contributed by atoms with Crippen LogP contribution in [0.1, 0.15) is 34.0 Å². The summed E-state index contributed by atoms with van der Waals surface area (Å²) in [5, 5.41) is 4.97. The zero-order valence-corrected chi connectivity index (χ0v) is 19.5. The molecule has 3 aromatic carbocycles. The summed E-state index contributed by atoms with van der Waals surface area (Å²) < 4.78 is 5.82. The number of benzene rings is 3. The maximum absolute atomic E-state index is 12.5. The molecule has 7 heteroatoms. The van der Waals surface area contributed by atoms with E-state index in [1.807, 2.05) is 73.7 Å². The highest BCUT2D eigenvalue weighted by Crippen LogP contribution is 2.19. The van der Waals surface area contributed by atoms with Crippen LogP contribution < -0.4 is 10.2 Å². The second-order valence-corrected chi connectivity index (χ2v) is 8.40. The lowest BCUT2D eigenvalue weighted by Crippen LogP contribution is -2.19. The number of rotatable bonds is 9. The predicted molar refractivity (Wildman–Crippen MR) is 135 cm³/mol. The van der Waals surface area contributed by atoms with Gasteiger partial charge in [-0.25, -0.2) is 15.4 Å². The Labute approximate surface area is 203 Å². The van der Waals surface area contributed by atoms with E-state index in [4.69, 9.17) is 4.74 Å². The Morgan fingerprint density at radius 1 is 0.853 bits per heavy atom. The Morgan fingerprint density at radius 2 is 1.53 bits per heavy atom. The third-order valence-electron chi connectivity index (χ3n) is 4.97. The van der Waals surface area contributed by atoms with Crippen molar-refractivity contribution in [3.8, 4) is 5.75 Å². The molecule has 0 spiro atoms. The minimum absolute atomic E-state index is 0.257. The number of amides is 1. The van der Waals surface area contributed by atoms with Crippen LogP contribution in [0.3, 0.4) is 0 Å². The van der Waals surface area contributed by atoms with Crippen molar-refractivity contribution >= 4 is 23.4 Å². The fourth-order valence-corrected chi connectivity index (χ4v) is 3.82. The first-order chi connectivity index (χ1) is 16.7. The van der Waals surface area contributed by atoms with E-state index in [0.29, 0.717) is 17.9 Å². The Hall–Kier alpha value is -3.97. The molecule has 170 valence electrons. The van der Waals surface area contributed by atoms with Gasteiger partial charge in [0.05, 0.1) is 5.71 Å². The van der Waals surface area contributed by atoms with Crippen LogP contribution in [0, 0.1) is 0 Å². The van der Waals surface area contributed by atoms with E-state index < -0.39 is 0 Å². The zero-order chi connectivity index (χ0) is 23.6. The lowest BCUT2D eigenvalue weighted by Gasteiger charge is -2.08. The van der Waals surface area contributed by atoms with E-state index >= 15 is 0 Å². The molecule has 0 aliphatic rings. The SMILES string of the molecule is CC(=NNC(=O)c1ccc(CSc2ncccn2)cc1)c1ccc(OCc2ccccc2)cc1. The second-order valence-electron chi connectivity index (χ2n) is 7.45. The minimum Gasteiger partial charge on any atom is -0.489 e. The van der Waals surface area contributed by atoms with Gasteiger partial charge in [0.2, 0.25) is 0 Å². The molecule has 1 amide bonds. The normalized spacial score (nSPS) is 11.1. The van der Waals surface area contributed by atoms with Crippen molar-refractivity contribution in [3.63, 3.8) is 0 Å². The molecule has 0 unspecified atom stereocenters. The number of carbonyl (C=O) groups is 1. The molecule has 4 aromatic rings. The number of nitrogens with one attached hydrogen (secondary N) is 1. The number of nitrogens with zero attached hydrogens (tertiary/aromatic N) is 3. The van der Waals surface area contributed by atoms with Crippen LogP contribution in [0.5, 0.6) is 5.75 Å². The molecule has 1 aromatic heterocycles. The van der Waals surface area contributed by atoms with Gasteiger partial charge >= 0.3 is 0 Å². The summed E-state index contributed by atoms with van der Waals surface area (Å²) in [5.41, 5.74) is 6.99. The van der Waals surface area contributed by atoms with Gasteiger partial charge < -0.3 is 4.74 Å². The first-order valence-corrected chi connectivity index (χ1v) is 11.8. The Morgan fingerprint density at radius 3 is 2.24 bits per heavy atom. The second kappa shape index (κ2) is 11.8. The maximum Gasteiger partial charge on any atom is 0.271 e. The molecule has 0 aliphatic heterocycles. The molecule has 0 bridgehead atoms. The number of carbonyl (C=O) groups excluding carboxylic acids is 1. The van der Waals surface area contributed by atoms with Gasteiger partial charge in [0.1, 0.15) is 12.4 Å². The summed E-state index contributed by atoms with van der Waals surface area (Å²) in [6.07, 6.45) is 3.44. The summed E-state index contributed by atoms with van der Waals surface area (Å²) in [5.74, 6) is 1.25. The average molecular weight is 469 g/mol. The van der Waals surface area contributed by atoms with Gasteiger partial charge in [-0.1, -0.05) is 54.2 Å². The van der Waals surface area contributed by atoms with Gasteiger partial charge in [0.15, 0.2) is 5.16 Å². The van der Waals surface area contributed by atoms with E-state index in [1.165, 1.54) is 0 Å². The van der Waals surface area contributed by atoms with Gasteiger partial charge in [0, 0.05) is 23.7 Å². The predicted octanol–water partition coefficient (Wildman–Crippen LogP) is 5.50. The van der Waals surface area contributed by atoms with Crippen molar-refractivity contribution in [2.45, 2.75) is 24.4 Å². The number of hydrogen-bond donors (Lipinski definition) is 1. The first-order valence-electron chi connectivity index (χ1n) is 10.8. The van der Waals surface area contributed by atoms with Crippen molar-refractivity contribution in [2.24, 2.45) is 5.10 Å². The van der Waals surface area contributed by atoms with Gasteiger partial charge in [-0.05, 0) is 66.1 Å². The zero-order valence-electron chi connectivity index (χ0n) is 18.7. The van der Waals surface area contributed by atoms with Gasteiger partial charge in [-0.15, -0.1) is 0 Å². The number of hydrogen-bond acceptors (Lipinski definition) is 6. The summed E-state index contributed by atoms with van der Waals surface area (Å²) in [6, 6.07) is 26.9. The number of thioether (sulfide) groups is 1. The molecular weight excluding hydrogens is 444 g/mol. The topological polar surface area (TPSA) is 76.5 Å². The maximum atomic E-state index is 12.5. The van der Waals surface area contributed by atoms with Gasteiger partial charge in [0.25, 0.3) is 5.91 Å². The molecule has 0 aliphatic carbocycles. The largest absolute Gasteiger partial charge is 0.489 e. The smallest absolute Gasteiger partial charge is 0.271 e. The highest BCUT2D eigenvalue weighted by atomic mass is 32.2. The summed E-state index contributed by atoms with van der Waals surface area (Å²) in [6.45, 7) is 2.37. The Kier molecular flexibility index (Phi) is 8.03. The number of aromatic nitrogens is 2. The van der Waals surface area contributed by atoms with E-state index in [9.17, 15) is 4.79 Å². The van der Waals surface area contributed by atoms with Gasteiger partial charge in [-0.2, -0.15) is 5.10 Å². The third-order valence-corrected chi connectivity index (χ3v) is 5.92.